The van der Waals surface area contributed by atoms with Gasteiger partial charge in [-0.1, -0.05) is 64.7 Å². The van der Waals surface area contributed by atoms with Crippen LogP contribution in [0.2, 0.25) is 0 Å². The van der Waals surface area contributed by atoms with Crippen LogP contribution >= 0.6 is 0 Å². The van der Waals surface area contributed by atoms with E-state index in [0.717, 1.165) is 57.8 Å². The van der Waals surface area contributed by atoms with Crippen molar-refractivity contribution in [3.8, 4) is 0 Å². The molecule has 0 aromatic rings. The summed E-state index contributed by atoms with van der Waals surface area (Å²) in [4.78, 5) is 0. The Morgan fingerprint density at radius 2 is 1.27 bits per heavy atom. The van der Waals surface area contributed by atoms with Crippen molar-refractivity contribution >= 4 is 10.1 Å². The molecule has 22 heavy (non-hydrogen) atoms. The van der Waals surface area contributed by atoms with Crippen LogP contribution in [0.15, 0.2) is 0 Å². The van der Waals surface area contributed by atoms with Gasteiger partial charge in [0.15, 0.2) is 0 Å². The minimum absolute atomic E-state index is 0. The second-order valence-electron chi connectivity index (χ2n) is 6.15. The Kier molecular flexibility index (Phi) is 18.7. The molecule has 2 atom stereocenters. The Morgan fingerprint density at radius 3 is 1.73 bits per heavy atom. The molecular formula is C16H33KO4S. The molecule has 2 unspecified atom stereocenters. The predicted octanol–water partition coefficient (Wildman–Crippen LogP) is 0.986. The van der Waals surface area contributed by atoms with Crippen molar-refractivity contribution < 1.29 is 69.5 Å². The summed E-state index contributed by atoms with van der Waals surface area (Å²) >= 11 is 0. The van der Waals surface area contributed by atoms with Gasteiger partial charge in [-0.15, -0.1) is 0 Å². The van der Waals surface area contributed by atoms with E-state index >= 15 is 0 Å². The summed E-state index contributed by atoms with van der Waals surface area (Å²) in [5, 5.41) is 9.01. The van der Waals surface area contributed by atoms with Crippen molar-refractivity contribution in [1.82, 2.24) is 0 Å². The van der Waals surface area contributed by atoms with Gasteiger partial charge in [-0.2, -0.15) is 0 Å². The molecule has 4 nitrogen and oxygen atoms in total. The van der Waals surface area contributed by atoms with Crippen LogP contribution in [-0.4, -0.2) is 29.4 Å². The zero-order valence-corrected chi connectivity index (χ0v) is 18.7. The summed E-state index contributed by atoms with van der Waals surface area (Å²) in [5.74, 6) is 0. The van der Waals surface area contributed by atoms with Gasteiger partial charge in [0.05, 0.1) is 16.2 Å². The van der Waals surface area contributed by atoms with Gasteiger partial charge in [0.25, 0.3) is 0 Å². The molecule has 0 aliphatic heterocycles. The topological polar surface area (TPSA) is 77.4 Å². The number of hydrogen-bond acceptors (Lipinski definition) is 4. The maximum atomic E-state index is 10.7. The fourth-order valence-electron chi connectivity index (χ4n) is 2.44. The van der Waals surface area contributed by atoms with E-state index in [1.54, 1.807) is 0 Å². The Morgan fingerprint density at radius 1 is 0.864 bits per heavy atom. The molecule has 0 radical (unpaired) electrons. The molecule has 0 aromatic heterocycles. The summed E-state index contributed by atoms with van der Waals surface area (Å²) < 4.78 is 32.1. The second-order valence-corrected chi connectivity index (χ2v) is 7.94. The average molecular weight is 361 g/mol. The molecule has 0 amide bonds. The van der Waals surface area contributed by atoms with Crippen LogP contribution < -0.4 is 51.4 Å². The zero-order valence-electron chi connectivity index (χ0n) is 14.7. The molecule has 0 bridgehead atoms. The third-order valence-corrected chi connectivity index (χ3v) is 5.25. The molecule has 0 saturated heterocycles. The first kappa shape index (κ1) is 25.7. The molecule has 6 heteroatoms. The van der Waals surface area contributed by atoms with Crippen molar-refractivity contribution in [1.29, 1.82) is 0 Å². The Hall–Kier alpha value is 1.51. The standard InChI is InChI=1S/C16H34O4S.K/c1-3-4-9-13-16(17)14-11-8-6-5-7-10-12-15(2)21(18,19)20;/h15-17H,3-14H2,1-2H3,(H,18,19,20);/q;+1/p-1. The Balaban J connectivity index is 0. The van der Waals surface area contributed by atoms with Gasteiger partial charge in [-0.3, -0.25) is 0 Å². The molecule has 0 heterocycles. The molecule has 0 fully saturated rings. The van der Waals surface area contributed by atoms with E-state index in [0.29, 0.717) is 6.42 Å². The van der Waals surface area contributed by atoms with E-state index in [2.05, 4.69) is 6.92 Å². The number of aliphatic hydroxyl groups is 1. The van der Waals surface area contributed by atoms with Crippen LogP contribution in [0.1, 0.15) is 90.9 Å². The number of aliphatic hydroxyl groups excluding tert-OH is 1. The molecule has 0 aliphatic carbocycles. The van der Waals surface area contributed by atoms with E-state index in [1.165, 1.54) is 19.8 Å². The third kappa shape index (κ3) is 16.4. The normalized spacial score (nSPS) is 14.4. The Labute approximate surface area is 180 Å². The first-order valence-electron chi connectivity index (χ1n) is 8.50. The van der Waals surface area contributed by atoms with Gasteiger partial charge in [0.1, 0.15) is 0 Å². The van der Waals surface area contributed by atoms with Gasteiger partial charge >= 0.3 is 51.4 Å². The molecule has 128 valence electrons. The van der Waals surface area contributed by atoms with E-state index in [1.807, 2.05) is 0 Å². The third-order valence-electron chi connectivity index (χ3n) is 4.03. The van der Waals surface area contributed by atoms with Crippen LogP contribution in [0.4, 0.5) is 0 Å². The summed E-state index contributed by atoms with van der Waals surface area (Å²) in [5.41, 5.74) is 0. The first-order chi connectivity index (χ1) is 9.88. The minimum Gasteiger partial charge on any atom is -0.748 e. The fraction of sp³-hybridized carbons (Fsp3) is 1.00. The van der Waals surface area contributed by atoms with Gasteiger partial charge in [-0.05, 0) is 26.2 Å². The SMILES string of the molecule is CCCCCC(O)CCCCCCCCC(C)S(=O)(=O)[O-].[K+]. The molecule has 0 aliphatic rings. The summed E-state index contributed by atoms with van der Waals surface area (Å²) in [6, 6.07) is 0. The summed E-state index contributed by atoms with van der Waals surface area (Å²) in [6.45, 7) is 3.65. The largest absolute Gasteiger partial charge is 1.00 e. The van der Waals surface area contributed by atoms with E-state index in [4.69, 9.17) is 0 Å². The molecule has 0 rings (SSSR count). The van der Waals surface area contributed by atoms with Crippen molar-refractivity contribution in [2.24, 2.45) is 0 Å². The second kappa shape index (κ2) is 16.0. The average Bonchev–Trinajstić information content (AvgIpc) is 2.40. The van der Waals surface area contributed by atoms with Crippen molar-refractivity contribution in [2.45, 2.75) is 102 Å². The van der Waals surface area contributed by atoms with Crippen LogP contribution in [0, 0.1) is 0 Å². The maximum Gasteiger partial charge on any atom is 1.00 e. The Bertz CT molecular complexity index is 333. The first-order valence-corrected chi connectivity index (χ1v) is 9.97. The molecule has 1 N–H and O–H groups in total. The van der Waals surface area contributed by atoms with Crippen molar-refractivity contribution in [3.63, 3.8) is 0 Å². The maximum absolute atomic E-state index is 10.7. The number of hydrogen-bond donors (Lipinski definition) is 1. The van der Waals surface area contributed by atoms with Crippen LogP contribution in [0.5, 0.6) is 0 Å². The smallest absolute Gasteiger partial charge is 0.748 e. The molecule has 0 saturated carbocycles. The van der Waals surface area contributed by atoms with Crippen LogP contribution in [0.25, 0.3) is 0 Å². The fourth-order valence-corrected chi connectivity index (χ4v) is 2.89. The van der Waals surface area contributed by atoms with Crippen molar-refractivity contribution in [3.05, 3.63) is 0 Å². The molecule has 0 aromatic carbocycles. The number of unbranched alkanes of at least 4 members (excludes halogenated alkanes) is 7. The molecule has 0 spiro atoms. The van der Waals surface area contributed by atoms with Gasteiger partial charge < -0.3 is 9.66 Å². The van der Waals surface area contributed by atoms with Crippen LogP contribution in [-0.2, 0) is 10.1 Å². The van der Waals surface area contributed by atoms with E-state index in [-0.39, 0.29) is 57.5 Å². The predicted molar refractivity (Wildman–Crippen MR) is 86.2 cm³/mol. The number of rotatable bonds is 14. The van der Waals surface area contributed by atoms with E-state index in [9.17, 15) is 18.1 Å². The van der Waals surface area contributed by atoms with E-state index < -0.39 is 15.4 Å². The summed E-state index contributed by atoms with van der Waals surface area (Å²) in [7, 11) is -4.10. The summed E-state index contributed by atoms with van der Waals surface area (Å²) in [6.07, 6.45) is 11.9. The van der Waals surface area contributed by atoms with Gasteiger partial charge in [-0.25, -0.2) is 8.42 Å². The molecular weight excluding hydrogens is 327 g/mol. The van der Waals surface area contributed by atoms with Crippen LogP contribution in [0.3, 0.4) is 0 Å². The van der Waals surface area contributed by atoms with Gasteiger partial charge in [0, 0.05) is 5.25 Å². The monoisotopic (exact) mass is 360 g/mol. The minimum atomic E-state index is -4.10. The van der Waals surface area contributed by atoms with Gasteiger partial charge in [0.2, 0.25) is 0 Å². The zero-order chi connectivity index (χ0) is 16.1. The van der Waals surface area contributed by atoms with Crippen molar-refractivity contribution in [2.75, 3.05) is 0 Å². The quantitative estimate of drug-likeness (QED) is 0.285.